The summed E-state index contributed by atoms with van der Waals surface area (Å²) in [6.45, 7) is -0.132. The molecule has 1 aliphatic rings. The van der Waals surface area contributed by atoms with Crippen LogP contribution in [0.1, 0.15) is 5.56 Å². The van der Waals surface area contributed by atoms with Crippen molar-refractivity contribution in [3.63, 3.8) is 0 Å². The van der Waals surface area contributed by atoms with Crippen LogP contribution < -0.4 is 4.90 Å². The maximum atomic E-state index is 12.8. The summed E-state index contributed by atoms with van der Waals surface area (Å²) in [5.74, 6) is -0.717. The van der Waals surface area contributed by atoms with Crippen LogP contribution in [0, 0.1) is 0 Å². The lowest BCUT2D eigenvalue weighted by Crippen LogP contribution is -2.38. The first kappa shape index (κ1) is 16.6. The number of thioether (sulfide) groups is 1. The molecule has 122 valence electrons. The summed E-state index contributed by atoms with van der Waals surface area (Å²) in [7, 11) is 1.30. The van der Waals surface area contributed by atoms with Gasteiger partial charge in [0.1, 0.15) is 6.54 Å². The van der Waals surface area contributed by atoms with Gasteiger partial charge in [-0.25, -0.2) is 0 Å². The number of hydrogen-bond donors (Lipinski definition) is 0. The molecule has 0 atom stereocenters. The molecule has 0 N–H and O–H groups in total. The highest BCUT2D eigenvalue weighted by Crippen LogP contribution is 2.42. The van der Waals surface area contributed by atoms with Crippen molar-refractivity contribution in [2.24, 2.45) is 0 Å². The van der Waals surface area contributed by atoms with Gasteiger partial charge in [-0.15, -0.1) is 0 Å². The average Bonchev–Trinajstić information content (AvgIpc) is 2.60. The van der Waals surface area contributed by atoms with Gasteiger partial charge < -0.3 is 4.74 Å². The van der Waals surface area contributed by atoms with Crippen molar-refractivity contribution in [2.75, 3.05) is 18.6 Å². The number of carbonyl (C=O) groups is 2. The van der Waals surface area contributed by atoms with Gasteiger partial charge in [-0.3, -0.25) is 14.5 Å². The monoisotopic (exact) mass is 359 g/mol. The first-order valence-electron chi connectivity index (χ1n) is 7.22. The third-order valence-electron chi connectivity index (χ3n) is 3.54. The maximum absolute atomic E-state index is 12.8. The Balaban J connectivity index is 2.03. The highest BCUT2D eigenvalue weighted by Gasteiger charge is 2.30. The molecule has 1 heterocycles. The number of anilines is 1. The molecule has 6 heteroatoms. The van der Waals surface area contributed by atoms with E-state index < -0.39 is 5.97 Å². The number of ether oxygens (including phenoxy) is 1. The number of nitrogens with zero attached hydrogens (tertiary/aromatic N) is 1. The van der Waals surface area contributed by atoms with Crippen LogP contribution in [0.4, 0.5) is 5.69 Å². The van der Waals surface area contributed by atoms with Gasteiger partial charge in [-0.05, 0) is 29.8 Å². The summed E-state index contributed by atoms with van der Waals surface area (Å²) in [6, 6.07) is 14.8. The zero-order valence-corrected chi connectivity index (χ0v) is 14.4. The summed E-state index contributed by atoms with van der Waals surface area (Å²) in [5.41, 5.74) is 1.46. The predicted octanol–water partition coefficient (Wildman–Crippen LogP) is 3.99. The maximum Gasteiger partial charge on any atom is 0.325 e. The molecule has 4 nitrogen and oxygen atoms in total. The number of amides is 1. The Labute approximate surface area is 149 Å². The fourth-order valence-electron chi connectivity index (χ4n) is 2.35. The lowest BCUT2D eigenvalue weighted by Gasteiger charge is -2.29. The Hall–Kier alpha value is -2.24. The van der Waals surface area contributed by atoms with Crippen molar-refractivity contribution in [1.82, 2.24) is 0 Å². The molecular weight excluding hydrogens is 346 g/mol. The molecule has 0 bridgehead atoms. The number of esters is 1. The first-order chi connectivity index (χ1) is 11.6. The van der Waals surface area contributed by atoms with Crippen LogP contribution >= 0.6 is 23.4 Å². The largest absolute Gasteiger partial charge is 0.468 e. The second-order valence-corrected chi connectivity index (χ2v) is 6.56. The van der Waals surface area contributed by atoms with E-state index in [9.17, 15) is 9.59 Å². The summed E-state index contributed by atoms with van der Waals surface area (Å²) >= 11 is 7.55. The van der Waals surface area contributed by atoms with Crippen molar-refractivity contribution in [2.45, 2.75) is 4.90 Å². The number of para-hydroxylation sites is 1. The quantitative estimate of drug-likeness (QED) is 0.614. The number of methoxy groups -OCH3 is 1. The van der Waals surface area contributed by atoms with Crippen molar-refractivity contribution in [1.29, 1.82) is 0 Å². The van der Waals surface area contributed by atoms with E-state index in [4.69, 9.17) is 16.3 Å². The Morgan fingerprint density at radius 2 is 1.92 bits per heavy atom. The van der Waals surface area contributed by atoms with E-state index in [1.807, 2.05) is 42.5 Å². The van der Waals surface area contributed by atoms with Gasteiger partial charge in [0.2, 0.25) is 0 Å². The standard InChI is InChI=1S/C18H14ClNO3S/c1-23-17(21)11-20-14-8-4-5-9-15(14)24-16(18(20)22)10-12-6-2-3-7-13(12)19/h2-10H,11H2,1H3/b16-10-. The minimum atomic E-state index is -0.470. The summed E-state index contributed by atoms with van der Waals surface area (Å²) in [6.07, 6.45) is 1.75. The normalized spacial score (nSPS) is 15.3. The number of rotatable bonds is 3. The van der Waals surface area contributed by atoms with Crippen molar-refractivity contribution < 1.29 is 14.3 Å². The number of halogens is 1. The fourth-order valence-corrected chi connectivity index (χ4v) is 3.59. The van der Waals surface area contributed by atoms with E-state index in [0.29, 0.717) is 15.6 Å². The molecule has 3 rings (SSSR count). The Morgan fingerprint density at radius 1 is 1.21 bits per heavy atom. The molecule has 1 amide bonds. The minimum Gasteiger partial charge on any atom is -0.468 e. The highest BCUT2D eigenvalue weighted by molar-refractivity contribution is 8.04. The molecule has 0 saturated heterocycles. The van der Waals surface area contributed by atoms with E-state index in [2.05, 4.69) is 0 Å². The number of carbonyl (C=O) groups excluding carboxylic acids is 2. The summed E-state index contributed by atoms with van der Waals surface area (Å²) < 4.78 is 4.71. The third-order valence-corrected chi connectivity index (χ3v) is 4.96. The second kappa shape index (κ2) is 7.11. The van der Waals surface area contributed by atoms with Gasteiger partial charge in [-0.2, -0.15) is 0 Å². The second-order valence-electron chi connectivity index (χ2n) is 5.07. The van der Waals surface area contributed by atoms with Gasteiger partial charge in [0, 0.05) is 9.92 Å². The predicted molar refractivity (Wildman–Crippen MR) is 96.1 cm³/mol. The molecule has 2 aromatic carbocycles. The molecule has 0 fully saturated rings. The third kappa shape index (κ3) is 3.32. The van der Waals surface area contributed by atoms with Gasteiger partial charge >= 0.3 is 5.97 Å². The topological polar surface area (TPSA) is 46.6 Å². The summed E-state index contributed by atoms with van der Waals surface area (Å²) in [4.78, 5) is 27.4. The molecule has 0 unspecified atom stereocenters. The molecule has 1 aliphatic heterocycles. The van der Waals surface area contributed by atoms with Crippen LogP contribution in [0.15, 0.2) is 58.3 Å². The summed E-state index contributed by atoms with van der Waals surface area (Å²) in [5, 5.41) is 0.566. The van der Waals surface area contributed by atoms with Gasteiger partial charge in [0.25, 0.3) is 5.91 Å². The van der Waals surface area contributed by atoms with E-state index in [-0.39, 0.29) is 12.5 Å². The fraction of sp³-hybridized carbons (Fsp3) is 0.111. The van der Waals surface area contributed by atoms with Crippen LogP contribution in [-0.4, -0.2) is 25.5 Å². The molecular formula is C18H14ClNO3S. The van der Waals surface area contributed by atoms with Crippen LogP contribution in [0.2, 0.25) is 5.02 Å². The zero-order valence-electron chi connectivity index (χ0n) is 12.9. The van der Waals surface area contributed by atoms with E-state index in [1.54, 1.807) is 12.1 Å². The first-order valence-corrected chi connectivity index (χ1v) is 8.41. The van der Waals surface area contributed by atoms with Gasteiger partial charge in [0.15, 0.2) is 0 Å². The van der Waals surface area contributed by atoms with Crippen LogP contribution in [0.25, 0.3) is 6.08 Å². The molecule has 2 aromatic rings. The molecule has 0 saturated carbocycles. The van der Waals surface area contributed by atoms with E-state index in [1.165, 1.54) is 23.8 Å². The molecule has 24 heavy (non-hydrogen) atoms. The molecule has 0 aliphatic carbocycles. The van der Waals surface area contributed by atoms with E-state index >= 15 is 0 Å². The van der Waals surface area contributed by atoms with Crippen molar-refractivity contribution in [3.05, 3.63) is 64.0 Å². The Bertz CT molecular complexity index is 835. The smallest absolute Gasteiger partial charge is 0.325 e. The number of benzene rings is 2. The highest BCUT2D eigenvalue weighted by atomic mass is 35.5. The SMILES string of the molecule is COC(=O)CN1C(=O)/C(=C/c2ccccc2Cl)Sc2ccccc21. The van der Waals surface area contributed by atoms with Crippen molar-refractivity contribution >= 4 is 47.0 Å². The Kier molecular flexibility index (Phi) is 4.92. The number of hydrogen-bond acceptors (Lipinski definition) is 4. The minimum absolute atomic E-state index is 0.132. The average molecular weight is 360 g/mol. The van der Waals surface area contributed by atoms with Gasteiger partial charge in [0.05, 0.1) is 17.7 Å². The van der Waals surface area contributed by atoms with Gasteiger partial charge in [-0.1, -0.05) is 53.7 Å². The molecule has 0 spiro atoms. The number of fused-ring (bicyclic) bond motifs is 1. The Morgan fingerprint density at radius 3 is 2.67 bits per heavy atom. The lowest BCUT2D eigenvalue weighted by molar-refractivity contribution is -0.139. The van der Waals surface area contributed by atoms with Crippen LogP contribution in [0.5, 0.6) is 0 Å². The van der Waals surface area contributed by atoms with Crippen LogP contribution in [0.3, 0.4) is 0 Å². The zero-order chi connectivity index (χ0) is 17.1. The van der Waals surface area contributed by atoms with Crippen molar-refractivity contribution in [3.8, 4) is 0 Å². The molecule has 0 aromatic heterocycles. The lowest BCUT2D eigenvalue weighted by atomic mass is 10.2. The van der Waals surface area contributed by atoms with Crippen LogP contribution in [-0.2, 0) is 14.3 Å². The van der Waals surface area contributed by atoms with E-state index in [0.717, 1.165) is 10.5 Å². The molecule has 0 radical (unpaired) electrons.